The molecule has 1 N–H and O–H groups in total. The quantitative estimate of drug-likeness (QED) is 0.938. The van der Waals surface area contributed by atoms with Crippen LogP contribution in [0, 0.1) is 0 Å². The van der Waals surface area contributed by atoms with Crippen molar-refractivity contribution in [1.29, 1.82) is 0 Å². The van der Waals surface area contributed by atoms with Gasteiger partial charge in [-0.05, 0) is 30.2 Å². The van der Waals surface area contributed by atoms with E-state index in [9.17, 15) is 0 Å². The van der Waals surface area contributed by atoms with Crippen molar-refractivity contribution in [3.05, 3.63) is 65.7 Å². The third kappa shape index (κ3) is 2.81. The number of nitrogens with zero attached hydrogens (tertiary/aromatic N) is 1. The van der Waals surface area contributed by atoms with Crippen LogP contribution < -0.4 is 10.1 Å². The van der Waals surface area contributed by atoms with Gasteiger partial charge < -0.3 is 9.47 Å². The molecule has 126 valence electrons. The second-order valence-corrected chi connectivity index (χ2v) is 6.78. The normalized spacial score (nSPS) is 29.6. The molecule has 0 amide bonds. The average Bonchev–Trinajstić information content (AvgIpc) is 2.86. The molecule has 2 saturated heterocycles. The van der Waals surface area contributed by atoms with Crippen LogP contribution in [0.5, 0.6) is 5.75 Å². The van der Waals surface area contributed by atoms with Gasteiger partial charge in [-0.2, -0.15) is 0 Å². The third-order valence-electron chi connectivity index (χ3n) is 5.08. The van der Waals surface area contributed by atoms with Crippen LogP contribution in [-0.4, -0.2) is 37.2 Å². The number of piperazine rings is 1. The zero-order valence-corrected chi connectivity index (χ0v) is 14.2. The van der Waals surface area contributed by atoms with Crippen molar-refractivity contribution >= 4 is 0 Å². The lowest BCUT2D eigenvalue weighted by Crippen LogP contribution is -2.58. The van der Waals surface area contributed by atoms with Gasteiger partial charge in [-0.1, -0.05) is 42.5 Å². The molecule has 2 heterocycles. The molecule has 2 aliphatic rings. The van der Waals surface area contributed by atoms with Gasteiger partial charge in [0.05, 0.1) is 13.2 Å². The Balaban J connectivity index is 1.55. The van der Waals surface area contributed by atoms with E-state index < -0.39 is 5.72 Å². The average molecular weight is 324 g/mol. The lowest BCUT2D eigenvalue weighted by atomic mass is 9.98. The lowest BCUT2D eigenvalue weighted by molar-refractivity contribution is -0.0661. The van der Waals surface area contributed by atoms with Crippen LogP contribution in [0.2, 0.25) is 0 Å². The molecule has 3 unspecified atom stereocenters. The number of rotatable bonds is 4. The first kappa shape index (κ1) is 15.6. The zero-order chi connectivity index (χ0) is 16.6. The number of hydrogen-bond donors (Lipinski definition) is 1. The summed E-state index contributed by atoms with van der Waals surface area (Å²) in [5.41, 5.74) is 2.11. The fourth-order valence-electron chi connectivity index (χ4n) is 3.84. The SMILES string of the molecule is COc1ccc(CN2CC3NC(c4ccccc4)(C2)OC3C)cc1. The molecule has 0 radical (unpaired) electrons. The Bertz CT molecular complexity index is 685. The number of methoxy groups -OCH3 is 1. The van der Waals surface area contributed by atoms with E-state index in [4.69, 9.17) is 9.47 Å². The molecule has 3 atom stereocenters. The summed E-state index contributed by atoms with van der Waals surface area (Å²) in [6.07, 6.45) is 0.214. The van der Waals surface area contributed by atoms with Crippen LogP contribution in [-0.2, 0) is 17.0 Å². The summed E-state index contributed by atoms with van der Waals surface area (Å²) in [5.74, 6) is 0.900. The molecule has 2 aromatic rings. The highest BCUT2D eigenvalue weighted by Gasteiger charge is 2.50. The summed E-state index contributed by atoms with van der Waals surface area (Å²) in [6, 6.07) is 19.2. The van der Waals surface area contributed by atoms with Gasteiger partial charge in [-0.3, -0.25) is 10.2 Å². The highest BCUT2D eigenvalue weighted by atomic mass is 16.5. The summed E-state index contributed by atoms with van der Waals surface area (Å²) >= 11 is 0. The van der Waals surface area contributed by atoms with Gasteiger partial charge in [0.1, 0.15) is 5.75 Å². The van der Waals surface area contributed by atoms with Crippen molar-refractivity contribution in [1.82, 2.24) is 10.2 Å². The van der Waals surface area contributed by atoms with Crippen molar-refractivity contribution in [2.24, 2.45) is 0 Å². The summed E-state index contributed by atoms with van der Waals surface area (Å²) in [4.78, 5) is 2.49. The predicted octanol–water partition coefficient (Wildman–Crippen LogP) is 2.74. The fraction of sp³-hybridized carbons (Fsp3) is 0.400. The topological polar surface area (TPSA) is 33.7 Å². The van der Waals surface area contributed by atoms with Crippen molar-refractivity contribution < 1.29 is 9.47 Å². The maximum absolute atomic E-state index is 6.39. The second-order valence-electron chi connectivity index (χ2n) is 6.78. The fourth-order valence-corrected chi connectivity index (χ4v) is 3.84. The monoisotopic (exact) mass is 324 g/mol. The molecule has 0 saturated carbocycles. The van der Waals surface area contributed by atoms with Crippen LogP contribution >= 0.6 is 0 Å². The number of benzene rings is 2. The van der Waals surface area contributed by atoms with Gasteiger partial charge in [0.15, 0.2) is 5.72 Å². The molecule has 0 spiro atoms. The molecule has 4 heteroatoms. The van der Waals surface area contributed by atoms with Crippen molar-refractivity contribution in [3.63, 3.8) is 0 Å². The Kier molecular flexibility index (Phi) is 4.04. The molecule has 2 bridgehead atoms. The smallest absolute Gasteiger partial charge is 0.158 e. The third-order valence-corrected chi connectivity index (χ3v) is 5.08. The summed E-state index contributed by atoms with van der Waals surface area (Å²) in [6.45, 7) is 4.94. The van der Waals surface area contributed by atoms with Crippen LogP contribution in [0.1, 0.15) is 18.1 Å². The molecule has 4 rings (SSSR count). The van der Waals surface area contributed by atoms with Gasteiger partial charge in [-0.15, -0.1) is 0 Å². The standard InChI is InChI=1S/C20H24N2O2/c1-15-19-13-22(12-16-8-10-18(23-2)11-9-16)14-20(21-19,24-15)17-6-4-3-5-7-17/h3-11,15,19,21H,12-14H2,1-2H3. The molecular formula is C20H24N2O2. The van der Waals surface area contributed by atoms with E-state index in [1.807, 2.05) is 18.2 Å². The maximum Gasteiger partial charge on any atom is 0.158 e. The first-order valence-corrected chi connectivity index (χ1v) is 8.55. The van der Waals surface area contributed by atoms with E-state index in [-0.39, 0.29) is 6.10 Å². The van der Waals surface area contributed by atoms with Gasteiger partial charge in [0.25, 0.3) is 0 Å². The molecule has 4 nitrogen and oxygen atoms in total. The zero-order valence-electron chi connectivity index (χ0n) is 14.2. The van der Waals surface area contributed by atoms with Crippen LogP contribution in [0.3, 0.4) is 0 Å². The highest BCUT2D eigenvalue weighted by molar-refractivity contribution is 5.28. The van der Waals surface area contributed by atoms with Crippen LogP contribution in [0.15, 0.2) is 54.6 Å². The van der Waals surface area contributed by atoms with Gasteiger partial charge in [0, 0.05) is 25.7 Å². The highest BCUT2D eigenvalue weighted by Crippen LogP contribution is 2.36. The Labute approximate surface area is 143 Å². The number of nitrogens with one attached hydrogen (secondary N) is 1. The minimum atomic E-state index is -0.393. The van der Waals surface area contributed by atoms with E-state index >= 15 is 0 Å². The molecule has 2 aromatic carbocycles. The number of ether oxygens (including phenoxy) is 2. The maximum atomic E-state index is 6.39. The molecule has 24 heavy (non-hydrogen) atoms. The largest absolute Gasteiger partial charge is 0.497 e. The van der Waals surface area contributed by atoms with Crippen LogP contribution in [0.25, 0.3) is 0 Å². The van der Waals surface area contributed by atoms with Crippen molar-refractivity contribution in [3.8, 4) is 5.75 Å². The van der Waals surface area contributed by atoms with E-state index in [0.717, 1.165) is 25.4 Å². The lowest BCUT2D eigenvalue weighted by Gasteiger charge is -2.40. The number of hydrogen-bond acceptors (Lipinski definition) is 4. The Hall–Kier alpha value is -1.88. The first-order chi connectivity index (χ1) is 11.7. The summed E-state index contributed by atoms with van der Waals surface area (Å²) in [7, 11) is 1.70. The van der Waals surface area contributed by atoms with Crippen molar-refractivity contribution in [2.45, 2.75) is 31.3 Å². The molecule has 2 fully saturated rings. The number of fused-ring (bicyclic) bond motifs is 2. The Morgan fingerprint density at radius 1 is 1.17 bits per heavy atom. The minimum Gasteiger partial charge on any atom is -0.497 e. The summed E-state index contributed by atoms with van der Waals surface area (Å²) < 4.78 is 11.6. The van der Waals surface area contributed by atoms with E-state index in [2.05, 4.69) is 53.5 Å². The van der Waals surface area contributed by atoms with E-state index in [1.54, 1.807) is 7.11 Å². The van der Waals surface area contributed by atoms with Gasteiger partial charge in [-0.25, -0.2) is 0 Å². The predicted molar refractivity (Wildman–Crippen MR) is 93.9 cm³/mol. The molecule has 0 aromatic heterocycles. The van der Waals surface area contributed by atoms with E-state index in [1.165, 1.54) is 11.1 Å². The second kappa shape index (κ2) is 6.20. The molecular weight excluding hydrogens is 300 g/mol. The Morgan fingerprint density at radius 2 is 1.92 bits per heavy atom. The Morgan fingerprint density at radius 3 is 2.62 bits per heavy atom. The summed E-state index contributed by atoms with van der Waals surface area (Å²) in [5, 5.41) is 3.72. The first-order valence-electron chi connectivity index (χ1n) is 8.55. The van der Waals surface area contributed by atoms with Crippen LogP contribution in [0.4, 0.5) is 0 Å². The molecule has 2 aliphatic heterocycles. The van der Waals surface area contributed by atoms with Crippen molar-refractivity contribution in [2.75, 3.05) is 20.2 Å². The molecule has 0 aliphatic carbocycles. The van der Waals surface area contributed by atoms with Gasteiger partial charge in [0.2, 0.25) is 0 Å². The van der Waals surface area contributed by atoms with Gasteiger partial charge >= 0.3 is 0 Å². The minimum absolute atomic E-state index is 0.214. The van der Waals surface area contributed by atoms with E-state index in [0.29, 0.717) is 6.04 Å².